The summed E-state index contributed by atoms with van der Waals surface area (Å²) in [7, 11) is 1.65. The Morgan fingerprint density at radius 2 is 2.08 bits per heavy atom. The van der Waals surface area contributed by atoms with Crippen molar-refractivity contribution >= 4 is 5.91 Å². The van der Waals surface area contributed by atoms with Crippen LogP contribution in [0.1, 0.15) is 20.3 Å². The second-order valence-electron chi connectivity index (χ2n) is 2.91. The minimum atomic E-state index is 0.0831. The van der Waals surface area contributed by atoms with Crippen LogP contribution in [-0.2, 0) is 4.79 Å². The zero-order valence-electron chi connectivity index (χ0n) is 8.11. The van der Waals surface area contributed by atoms with Gasteiger partial charge in [-0.1, -0.05) is 11.6 Å². The number of carbonyl (C=O) groups is 1. The molecule has 0 aromatic heterocycles. The fourth-order valence-corrected chi connectivity index (χ4v) is 0.705. The minimum Gasteiger partial charge on any atom is -0.359 e. The summed E-state index contributed by atoms with van der Waals surface area (Å²) >= 11 is 0. The van der Waals surface area contributed by atoms with Crippen LogP contribution < -0.4 is 10.6 Å². The monoisotopic (exact) mass is 170 g/mol. The molecule has 0 fully saturated rings. The van der Waals surface area contributed by atoms with E-state index in [1.807, 2.05) is 0 Å². The lowest BCUT2D eigenvalue weighted by atomic mass is 10.3. The van der Waals surface area contributed by atoms with Crippen molar-refractivity contribution < 1.29 is 4.79 Å². The second kappa shape index (κ2) is 6.85. The Balaban J connectivity index is 3.22. The molecule has 12 heavy (non-hydrogen) atoms. The Labute approximate surface area is 74.2 Å². The van der Waals surface area contributed by atoms with Crippen LogP contribution in [0.25, 0.3) is 0 Å². The zero-order valence-corrected chi connectivity index (χ0v) is 8.11. The molecule has 0 bridgehead atoms. The maximum Gasteiger partial charge on any atom is 0.221 e. The van der Waals surface area contributed by atoms with Gasteiger partial charge in [-0.25, -0.2) is 0 Å². The van der Waals surface area contributed by atoms with Crippen LogP contribution in [-0.4, -0.2) is 26.0 Å². The SMILES string of the molecule is CNC(=O)CCNCC=C(C)C. The molecule has 0 atom stereocenters. The highest BCUT2D eigenvalue weighted by Gasteiger charge is 1.94. The summed E-state index contributed by atoms with van der Waals surface area (Å²) in [6.45, 7) is 5.70. The van der Waals surface area contributed by atoms with Crippen molar-refractivity contribution in [3.8, 4) is 0 Å². The summed E-state index contributed by atoms with van der Waals surface area (Å²) < 4.78 is 0. The van der Waals surface area contributed by atoms with Crippen molar-refractivity contribution in [1.29, 1.82) is 0 Å². The van der Waals surface area contributed by atoms with Crippen LogP contribution in [0, 0.1) is 0 Å². The second-order valence-corrected chi connectivity index (χ2v) is 2.91. The Bertz CT molecular complexity index is 160. The molecule has 0 saturated carbocycles. The molecule has 2 N–H and O–H groups in total. The molecule has 0 unspecified atom stereocenters. The molecular formula is C9H18N2O. The van der Waals surface area contributed by atoms with E-state index in [9.17, 15) is 4.79 Å². The van der Waals surface area contributed by atoms with Gasteiger partial charge >= 0.3 is 0 Å². The molecule has 70 valence electrons. The molecule has 3 nitrogen and oxygen atoms in total. The normalized spacial score (nSPS) is 9.25. The lowest BCUT2D eigenvalue weighted by molar-refractivity contribution is -0.120. The van der Waals surface area contributed by atoms with Gasteiger partial charge in [0.15, 0.2) is 0 Å². The van der Waals surface area contributed by atoms with Gasteiger partial charge < -0.3 is 10.6 Å². The Morgan fingerprint density at radius 3 is 2.58 bits per heavy atom. The molecule has 0 aliphatic carbocycles. The summed E-state index contributed by atoms with van der Waals surface area (Å²) in [6, 6.07) is 0. The fraction of sp³-hybridized carbons (Fsp3) is 0.667. The van der Waals surface area contributed by atoms with E-state index in [0.29, 0.717) is 6.42 Å². The van der Waals surface area contributed by atoms with E-state index in [1.165, 1.54) is 5.57 Å². The standard InChI is InChI=1S/C9H18N2O/c1-8(2)4-6-11-7-5-9(12)10-3/h4,11H,5-7H2,1-3H3,(H,10,12). The van der Waals surface area contributed by atoms with Crippen LogP contribution in [0.15, 0.2) is 11.6 Å². The highest BCUT2D eigenvalue weighted by atomic mass is 16.1. The first-order chi connectivity index (χ1) is 5.66. The number of hydrogen-bond acceptors (Lipinski definition) is 2. The summed E-state index contributed by atoms with van der Waals surface area (Å²) in [5.41, 5.74) is 1.29. The summed E-state index contributed by atoms with van der Waals surface area (Å²) in [5.74, 6) is 0.0831. The number of allylic oxidation sites excluding steroid dienone is 1. The molecule has 0 rings (SSSR count). The first-order valence-corrected chi connectivity index (χ1v) is 4.21. The topological polar surface area (TPSA) is 41.1 Å². The van der Waals surface area contributed by atoms with Gasteiger partial charge in [-0.2, -0.15) is 0 Å². The van der Waals surface area contributed by atoms with Crippen LogP contribution in [0.3, 0.4) is 0 Å². The number of hydrogen-bond donors (Lipinski definition) is 2. The number of amides is 1. The Morgan fingerprint density at radius 1 is 1.42 bits per heavy atom. The zero-order chi connectivity index (χ0) is 9.40. The summed E-state index contributed by atoms with van der Waals surface area (Å²) in [5, 5.41) is 5.72. The van der Waals surface area contributed by atoms with E-state index >= 15 is 0 Å². The van der Waals surface area contributed by atoms with Crippen molar-refractivity contribution in [2.24, 2.45) is 0 Å². The predicted octanol–water partition coefficient (Wildman–Crippen LogP) is 0.678. The molecule has 0 saturated heterocycles. The van der Waals surface area contributed by atoms with E-state index in [4.69, 9.17) is 0 Å². The highest BCUT2D eigenvalue weighted by molar-refractivity contribution is 5.75. The fourth-order valence-electron chi connectivity index (χ4n) is 0.705. The third kappa shape index (κ3) is 7.28. The third-order valence-corrected chi connectivity index (χ3v) is 1.46. The van der Waals surface area contributed by atoms with Crippen molar-refractivity contribution in [2.45, 2.75) is 20.3 Å². The van der Waals surface area contributed by atoms with Crippen LogP contribution in [0.4, 0.5) is 0 Å². The average Bonchev–Trinajstić information content (AvgIpc) is 2.03. The van der Waals surface area contributed by atoms with Gasteiger partial charge in [0.1, 0.15) is 0 Å². The molecule has 0 aliphatic heterocycles. The van der Waals surface area contributed by atoms with Gasteiger partial charge in [0.05, 0.1) is 0 Å². The lowest BCUT2D eigenvalue weighted by Crippen LogP contribution is -2.24. The predicted molar refractivity (Wildman–Crippen MR) is 51.0 cm³/mol. The van der Waals surface area contributed by atoms with E-state index in [2.05, 4.69) is 30.6 Å². The lowest BCUT2D eigenvalue weighted by Gasteiger charge is -2.00. The maximum absolute atomic E-state index is 10.7. The van der Waals surface area contributed by atoms with Gasteiger partial charge in [-0.15, -0.1) is 0 Å². The van der Waals surface area contributed by atoms with Gasteiger partial charge in [0.25, 0.3) is 0 Å². The third-order valence-electron chi connectivity index (χ3n) is 1.46. The minimum absolute atomic E-state index is 0.0831. The van der Waals surface area contributed by atoms with Gasteiger partial charge in [0, 0.05) is 26.6 Å². The maximum atomic E-state index is 10.7. The van der Waals surface area contributed by atoms with Crippen LogP contribution in [0.5, 0.6) is 0 Å². The highest BCUT2D eigenvalue weighted by Crippen LogP contribution is 1.85. The quantitative estimate of drug-likeness (QED) is 0.470. The van der Waals surface area contributed by atoms with Crippen LogP contribution in [0.2, 0.25) is 0 Å². The molecule has 0 heterocycles. The van der Waals surface area contributed by atoms with Gasteiger partial charge in [-0.05, 0) is 13.8 Å². The average molecular weight is 170 g/mol. The summed E-state index contributed by atoms with van der Waals surface area (Å²) in [6.07, 6.45) is 2.65. The molecule has 3 heteroatoms. The number of rotatable bonds is 5. The molecule has 0 spiro atoms. The van der Waals surface area contributed by atoms with Crippen LogP contribution >= 0.6 is 0 Å². The van der Waals surface area contributed by atoms with E-state index in [-0.39, 0.29) is 5.91 Å². The van der Waals surface area contributed by atoms with E-state index < -0.39 is 0 Å². The van der Waals surface area contributed by atoms with Gasteiger partial charge in [0.2, 0.25) is 5.91 Å². The van der Waals surface area contributed by atoms with Crippen molar-refractivity contribution in [3.63, 3.8) is 0 Å². The number of carbonyl (C=O) groups excluding carboxylic acids is 1. The molecule has 0 aromatic rings. The number of nitrogens with one attached hydrogen (secondary N) is 2. The van der Waals surface area contributed by atoms with Crippen molar-refractivity contribution in [1.82, 2.24) is 10.6 Å². The largest absolute Gasteiger partial charge is 0.359 e. The summed E-state index contributed by atoms with van der Waals surface area (Å²) in [4.78, 5) is 10.7. The molecular weight excluding hydrogens is 152 g/mol. The molecule has 0 radical (unpaired) electrons. The molecule has 0 aliphatic rings. The van der Waals surface area contributed by atoms with E-state index in [0.717, 1.165) is 13.1 Å². The van der Waals surface area contributed by atoms with Gasteiger partial charge in [-0.3, -0.25) is 4.79 Å². The Hall–Kier alpha value is -0.830. The van der Waals surface area contributed by atoms with E-state index in [1.54, 1.807) is 7.05 Å². The van der Waals surface area contributed by atoms with Crippen molar-refractivity contribution in [3.05, 3.63) is 11.6 Å². The Kier molecular flexibility index (Phi) is 6.38. The van der Waals surface area contributed by atoms with Crippen molar-refractivity contribution in [2.75, 3.05) is 20.1 Å². The molecule has 0 aromatic carbocycles. The molecule has 1 amide bonds. The first kappa shape index (κ1) is 11.2. The first-order valence-electron chi connectivity index (χ1n) is 4.21. The smallest absolute Gasteiger partial charge is 0.221 e.